The van der Waals surface area contributed by atoms with Gasteiger partial charge in [0.05, 0.1) is 23.5 Å². The van der Waals surface area contributed by atoms with Crippen molar-refractivity contribution in [3.05, 3.63) is 70.4 Å². The molecule has 10 heteroatoms. The topological polar surface area (TPSA) is 162 Å². The number of anilines is 4. The molecule has 0 aromatic heterocycles. The van der Waals surface area contributed by atoms with E-state index in [4.69, 9.17) is 41.7 Å². The number of benzene rings is 4. The van der Waals surface area contributed by atoms with Crippen molar-refractivity contribution in [3.8, 4) is 22.9 Å². The van der Waals surface area contributed by atoms with Gasteiger partial charge in [-0.25, -0.2) is 19.1 Å². The Morgan fingerprint density at radius 2 is 1.00 bits per heavy atom. The first kappa shape index (κ1) is 29.0. The quantitative estimate of drug-likeness (QED) is 0.0928. The lowest BCUT2D eigenvalue weighted by molar-refractivity contribution is 0.510. The first-order valence-electron chi connectivity index (χ1n) is 15.1. The Kier molecular flexibility index (Phi) is 7.59. The fraction of sp³-hybridized carbons (Fsp3) is 0.294. The predicted molar refractivity (Wildman–Crippen MR) is 179 cm³/mol. The molecule has 226 valence electrons. The zero-order valence-electron chi connectivity index (χ0n) is 25.8. The van der Waals surface area contributed by atoms with Gasteiger partial charge in [-0.15, -0.1) is 0 Å². The lowest BCUT2D eigenvalue weighted by Crippen LogP contribution is -2.33. The summed E-state index contributed by atoms with van der Waals surface area (Å²) in [5.41, 5.74) is 32.6. The number of hydrogen-bond acceptors (Lipinski definition) is 8. The van der Waals surface area contributed by atoms with Crippen LogP contribution < -0.4 is 42.8 Å². The van der Waals surface area contributed by atoms with Gasteiger partial charge in [0.2, 0.25) is 10.7 Å². The van der Waals surface area contributed by atoms with Crippen LogP contribution in [0.2, 0.25) is 0 Å². The normalized spacial score (nSPS) is 13.3. The molecule has 2 heterocycles. The van der Waals surface area contributed by atoms with Crippen molar-refractivity contribution in [2.24, 2.45) is 0 Å². The van der Waals surface area contributed by atoms with Gasteiger partial charge in [0.25, 0.3) is 0 Å². The van der Waals surface area contributed by atoms with Crippen LogP contribution in [0, 0.1) is 13.8 Å². The average Bonchev–Trinajstić information content (AvgIpc) is 3.02. The Morgan fingerprint density at radius 1 is 0.591 bits per heavy atom. The van der Waals surface area contributed by atoms with Crippen LogP contribution >= 0.6 is 0 Å². The fourth-order valence-corrected chi connectivity index (χ4v) is 5.80. The number of rotatable bonds is 7. The highest BCUT2D eigenvalue weighted by Crippen LogP contribution is 2.33. The number of fused-ring (bicyclic) bond motifs is 4. The molecule has 6 rings (SSSR count). The van der Waals surface area contributed by atoms with E-state index in [0.717, 1.165) is 72.2 Å². The first-order chi connectivity index (χ1) is 21.2. The Hall–Kier alpha value is -5.12. The van der Waals surface area contributed by atoms with E-state index in [1.54, 1.807) is 12.1 Å². The van der Waals surface area contributed by atoms with E-state index in [1.807, 2.05) is 26.0 Å². The minimum Gasteiger partial charge on any atom is -0.452 e. The van der Waals surface area contributed by atoms with Gasteiger partial charge in [0.15, 0.2) is 22.7 Å². The second-order valence-corrected chi connectivity index (χ2v) is 11.3. The zero-order chi connectivity index (χ0) is 31.1. The van der Waals surface area contributed by atoms with E-state index < -0.39 is 0 Å². The van der Waals surface area contributed by atoms with Crippen LogP contribution in [0.25, 0.3) is 45.1 Å². The summed E-state index contributed by atoms with van der Waals surface area (Å²) >= 11 is 0. The smallest absolute Gasteiger partial charge is 0.203 e. The highest BCUT2D eigenvalue weighted by Gasteiger charge is 2.18. The van der Waals surface area contributed by atoms with Gasteiger partial charge in [-0.1, -0.05) is 0 Å². The zero-order valence-corrected chi connectivity index (χ0v) is 25.8. The Balaban J connectivity index is 1.25. The second-order valence-electron chi connectivity index (χ2n) is 11.3. The minimum atomic E-state index is 0.517. The number of aryl methyl sites for hydroxylation is 2. The largest absolute Gasteiger partial charge is 0.452 e. The van der Waals surface area contributed by atoms with Crippen LogP contribution in [0.4, 0.5) is 22.7 Å². The summed E-state index contributed by atoms with van der Waals surface area (Å²) in [5.74, 6) is 1.42. The number of nitrogens with two attached hydrogens (primary N) is 4. The summed E-state index contributed by atoms with van der Waals surface area (Å²) in [4.78, 5) is 9.53. The Bertz CT molecular complexity index is 1970. The van der Waals surface area contributed by atoms with Crippen LogP contribution in [0.3, 0.4) is 0 Å². The molecular formula is C34H40N8O2+2. The van der Waals surface area contributed by atoms with Crippen LogP contribution in [-0.4, -0.2) is 36.1 Å². The van der Waals surface area contributed by atoms with Gasteiger partial charge in [-0.3, -0.25) is 0 Å². The summed E-state index contributed by atoms with van der Waals surface area (Å²) in [5, 5.41) is 2.19. The van der Waals surface area contributed by atoms with Crippen LogP contribution in [-0.2, 0) is 0 Å². The molecule has 4 aliphatic rings. The monoisotopic (exact) mass is 592 g/mol. The van der Waals surface area contributed by atoms with Gasteiger partial charge in [0.1, 0.15) is 48.6 Å². The molecule has 0 saturated heterocycles. The molecule has 0 saturated carbocycles. The molecule has 0 radical (unpaired) electrons. The van der Waals surface area contributed by atoms with Crippen LogP contribution in [0.5, 0.6) is 0 Å². The fourth-order valence-electron chi connectivity index (χ4n) is 5.80. The second kappa shape index (κ2) is 11.5. The van der Waals surface area contributed by atoms with E-state index >= 15 is 0 Å². The Labute approximate surface area is 255 Å². The maximum Gasteiger partial charge on any atom is 0.203 e. The third-order valence-corrected chi connectivity index (χ3v) is 8.52. The van der Waals surface area contributed by atoms with E-state index in [-0.39, 0.29) is 0 Å². The lowest BCUT2D eigenvalue weighted by Gasteiger charge is -2.11. The number of nitrogens with zero attached hydrogens (tertiary/aromatic N) is 4. The molecule has 8 N–H and O–H groups in total. The molecule has 0 amide bonds. The number of nitrogen functional groups attached to an aromatic ring is 4. The van der Waals surface area contributed by atoms with Gasteiger partial charge < -0.3 is 31.8 Å². The minimum absolute atomic E-state index is 0.517. The van der Waals surface area contributed by atoms with Crippen molar-refractivity contribution < 1.29 is 8.83 Å². The maximum atomic E-state index is 6.29. The molecule has 0 fully saturated rings. The van der Waals surface area contributed by atoms with E-state index in [2.05, 4.69) is 47.3 Å². The number of aromatic nitrogens is 2. The third kappa shape index (κ3) is 5.16. The molecule has 2 aromatic rings. The lowest BCUT2D eigenvalue weighted by atomic mass is 10.1. The van der Waals surface area contributed by atoms with Gasteiger partial charge in [-0.05, 0) is 52.0 Å². The molecular weight excluding hydrogens is 552 g/mol. The van der Waals surface area contributed by atoms with Crippen molar-refractivity contribution >= 4 is 44.9 Å². The van der Waals surface area contributed by atoms with Crippen molar-refractivity contribution in [3.63, 3.8) is 0 Å². The van der Waals surface area contributed by atoms with Crippen molar-refractivity contribution in [1.29, 1.82) is 0 Å². The number of hydrogen-bond donors (Lipinski definition) is 4. The highest BCUT2D eigenvalue weighted by atomic mass is 16.3. The average molecular weight is 593 g/mol. The molecule has 44 heavy (non-hydrogen) atoms. The van der Waals surface area contributed by atoms with Crippen molar-refractivity contribution in [1.82, 2.24) is 19.1 Å². The molecule has 2 aliphatic carbocycles. The molecule has 2 aromatic carbocycles. The van der Waals surface area contributed by atoms with Gasteiger partial charge >= 0.3 is 0 Å². The summed E-state index contributed by atoms with van der Waals surface area (Å²) in [6.07, 6.45) is 2.06. The number of unbranched alkanes of at least 4 members (excludes halogenated alkanes) is 1. The van der Waals surface area contributed by atoms with Crippen molar-refractivity contribution in [2.75, 3.05) is 49.1 Å². The maximum absolute atomic E-state index is 6.29. The Morgan fingerprint density at radius 3 is 1.39 bits per heavy atom. The summed E-state index contributed by atoms with van der Waals surface area (Å²) in [6, 6.07) is 15.8. The van der Waals surface area contributed by atoms with Crippen LogP contribution in [0.15, 0.2) is 57.4 Å². The van der Waals surface area contributed by atoms with E-state index in [0.29, 0.717) is 56.5 Å². The van der Waals surface area contributed by atoms with Crippen molar-refractivity contribution in [2.45, 2.75) is 40.5 Å². The van der Waals surface area contributed by atoms with E-state index in [1.165, 1.54) is 0 Å². The summed E-state index contributed by atoms with van der Waals surface area (Å²) in [6.45, 7) is 11.8. The molecule has 0 bridgehead atoms. The van der Waals surface area contributed by atoms with E-state index in [9.17, 15) is 0 Å². The SMILES string of the molecule is CC/[N+](CCCC/[N+](CC)=c1/ccc2nc3c(N)cc(N)c(C)c3oc-2c1)=c1\ccc2nc3c(N)cc(N)c(C)c3oc-2c1. The molecule has 0 unspecified atom stereocenters. The third-order valence-electron chi connectivity index (χ3n) is 8.52. The van der Waals surface area contributed by atoms with Gasteiger partial charge in [0, 0.05) is 47.5 Å². The molecule has 0 atom stereocenters. The molecule has 2 aliphatic heterocycles. The van der Waals surface area contributed by atoms with Gasteiger partial charge in [-0.2, -0.15) is 0 Å². The molecule has 10 nitrogen and oxygen atoms in total. The van der Waals surface area contributed by atoms with Crippen LogP contribution in [0.1, 0.15) is 37.8 Å². The highest BCUT2D eigenvalue weighted by molar-refractivity contribution is 5.94. The predicted octanol–water partition coefficient (Wildman–Crippen LogP) is 4.19. The molecule has 0 spiro atoms. The standard InChI is InChI=1S/C34H38N8O2/c1-5-41(21-9-11-27-29(15-21)43-33-19(3)23(35)17-25(37)31(33)39-27)13-7-8-14-42(6-2)22-10-12-28-30(16-22)44-34-20(4)24(36)18-26(38)32(34)40-28/h9-12,15-18H,5-8,13-14H2,1-4H3,(H6,35,36,37,38)/p+2. The first-order valence-corrected chi connectivity index (χ1v) is 15.1. The summed E-state index contributed by atoms with van der Waals surface area (Å²) < 4.78 is 17.3. The summed E-state index contributed by atoms with van der Waals surface area (Å²) in [7, 11) is 0.